The van der Waals surface area contributed by atoms with Crippen molar-refractivity contribution in [2.45, 2.75) is 25.9 Å². The largest absolute Gasteiger partial charge is 0.486 e. The van der Waals surface area contributed by atoms with Crippen LogP contribution in [0.25, 0.3) is 0 Å². The predicted molar refractivity (Wildman–Crippen MR) is 78.1 cm³/mol. The van der Waals surface area contributed by atoms with Crippen LogP contribution in [-0.4, -0.2) is 49.2 Å². The maximum Gasteiger partial charge on any atom is 0.339 e. The van der Waals surface area contributed by atoms with Crippen molar-refractivity contribution in [1.29, 1.82) is 0 Å². The molecule has 0 aromatic heterocycles. The van der Waals surface area contributed by atoms with Crippen molar-refractivity contribution in [3.05, 3.63) is 23.8 Å². The van der Waals surface area contributed by atoms with Crippen LogP contribution in [0.5, 0.6) is 11.5 Å². The Bertz CT molecular complexity index is 580. The molecule has 0 N–H and O–H groups in total. The Labute approximate surface area is 128 Å². The summed E-state index contributed by atoms with van der Waals surface area (Å²) in [5.74, 6) is 0.476. The summed E-state index contributed by atoms with van der Waals surface area (Å²) >= 11 is 0. The van der Waals surface area contributed by atoms with Crippen LogP contribution in [-0.2, 0) is 9.53 Å². The molecule has 0 aliphatic carbocycles. The second-order valence-corrected chi connectivity index (χ2v) is 5.44. The summed E-state index contributed by atoms with van der Waals surface area (Å²) < 4.78 is 16.1. The first-order chi connectivity index (χ1) is 10.6. The van der Waals surface area contributed by atoms with Gasteiger partial charge in [0.15, 0.2) is 17.6 Å². The van der Waals surface area contributed by atoms with E-state index in [0.717, 1.165) is 25.9 Å². The maximum atomic E-state index is 12.2. The van der Waals surface area contributed by atoms with Crippen LogP contribution < -0.4 is 9.47 Å². The highest BCUT2D eigenvalue weighted by molar-refractivity contribution is 5.93. The van der Waals surface area contributed by atoms with E-state index >= 15 is 0 Å². The molecule has 22 heavy (non-hydrogen) atoms. The van der Waals surface area contributed by atoms with Crippen molar-refractivity contribution in [2.75, 3.05) is 26.3 Å². The number of ether oxygens (including phenoxy) is 3. The summed E-state index contributed by atoms with van der Waals surface area (Å²) in [7, 11) is 0. The summed E-state index contributed by atoms with van der Waals surface area (Å²) in [6.45, 7) is 4.04. The standard InChI is InChI=1S/C16H19NO5/c1-11(15(18)17-6-2-3-7-17)22-16(19)12-4-5-13-14(10-12)21-9-8-20-13/h4-5,10-11H,2-3,6-9H2,1H3. The molecule has 0 saturated carbocycles. The molecule has 1 unspecified atom stereocenters. The molecule has 1 aromatic rings. The molecule has 3 rings (SSSR count). The number of likely N-dealkylation sites (tertiary alicyclic amines) is 1. The number of amides is 1. The topological polar surface area (TPSA) is 65.1 Å². The van der Waals surface area contributed by atoms with Crippen LogP contribution in [0.1, 0.15) is 30.1 Å². The fourth-order valence-corrected chi connectivity index (χ4v) is 2.64. The molecule has 1 amide bonds. The van der Waals surface area contributed by atoms with Gasteiger partial charge in [-0.2, -0.15) is 0 Å². The number of carbonyl (C=O) groups is 2. The lowest BCUT2D eigenvalue weighted by molar-refractivity contribution is -0.138. The SMILES string of the molecule is CC(OC(=O)c1ccc2c(c1)OCCO2)C(=O)N1CCCC1. The van der Waals surface area contributed by atoms with Crippen molar-refractivity contribution in [2.24, 2.45) is 0 Å². The predicted octanol–water partition coefficient (Wildman–Crippen LogP) is 1.63. The first kappa shape index (κ1) is 14.7. The summed E-state index contributed by atoms with van der Waals surface area (Å²) in [6, 6.07) is 4.88. The molecule has 0 spiro atoms. The lowest BCUT2D eigenvalue weighted by atomic mass is 10.2. The fraction of sp³-hybridized carbons (Fsp3) is 0.500. The maximum absolute atomic E-state index is 12.2. The van der Waals surface area contributed by atoms with Gasteiger partial charge in [0.25, 0.3) is 5.91 Å². The Morgan fingerprint density at radius 2 is 1.82 bits per heavy atom. The van der Waals surface area contributed by atoms with Crippen LogP contribution in [0.3, 0.4) is 0 Å². The number of hydrogen-bond donors (Lipinski definition) is 0. The zero-order chi connectivity index (χ0) is 15.5. The molecule has 6 nitrogen and oxygen atoms in total. The van der Waals surface area contributed by atoms with Crippen molar-refractivity contribution < 1.29 is 23.8 Å². The van der Waals surface area contributed by atoms with Crippen LogP contribution in [0, 0.1) is 0 Å². The van der Waals surface area contributed by atoms with E-state index in [1.54, 1.807) is 30.0 Å². The van der Waals surface area contributed by atoms with Crippen molar-refractivity contribution >= 4 is 11.9 Å². The minimum atomic E-state index is -0.779. The number of nitrogens with zero attached hydrogens (tertiary/aromatic N) is 1. The summed E-state index contributed by atoms with van der Waals surface area (Å²) in [4.78, 5) is 26.1. The highest BCUT2D eigenvalue weighted by Crippen LogP contribution is 2.31. The Morgan fingerprint density at radius 1 is 1.14 bits per heavy atom. The Kier molecular flexibility index (Phi) is 4.18. The summed E-state index contributed by atoms with van der Waals surface area (Å²) in [6.07, 6.45) is 1.24. The van der Waals surface area contributed by atoms with E-state index in [1.165, 1.54) is 0 Å². The van der Waals surface area contributed by atoms with E-state index in [9.17, 15) is 9.59 Å². The van der Waals surface area contributed by atoms with Gasteiger partial charge in [0, 0.05) is 13.1 Å². The van der Waals surface area contributed by atoms with Crippen molar-refractivity contribution in [3.8, 4) is 11.5 Å². The first-order valence-electron chi connectivity index (χ1n) is 7.54. The molecule has 118 valence electrons. The van der Waals surface area contributed by atoms with Gasteiger partial charge in [-0.05, 0) is 38.0 Å². The second-order valence-electron chi connectivity index (χ2n) is 5.44. The minimum absolute atomic E-state index is 0.136. The van der Waals surface area contributed by atoms with Crippen molar-refractivity contribution in [3.63, 3.8) is 0 Å². The zero-order valence-electron chi connectivity index (χ0n) is 12.5. The number of fused-ring (bicyclic) bond motifs is 1. The van der Waals surface area contributed by atoms with Gasteiger partial charge in [0.05, 0.1) is 5.56 Å². The molecular formula is C16H19NO5. The van der Waals surface area contributed by atoms with E-state index in [-0.39, 0.29) is 5.91 Å². The van der Waals surface area contributed by atoms with Crippen LogP contribution in [0.4, 0.5) is 0 Å². The third-order valence-electron chi connectivity index (χ3n) is 3.83. The highest BCUT2D eigenvalue weighted by atomic mass is 16.6. The van der Waals surface area contributed by atoms with E-state index in [2.05, 4.69) is 0 Å². The highest BCUT2D eigenvalue weighted by Gasteiger charge is 2.26. The number of rotatable bonds is 3. The fourth-order valence-electron chi connectivity index (χ4n) is 2.64. The monoisotopic (exact) mass is 305 g/mol. The van der Waals surface area contributed by atoms with E-state index in [1.807, 2.05) is 0 Å². The lowest BCUT2D eigenvalue weighted by Crippen LogP contribution is -2.38. The van der Waals surface area contributed by atoms with Crippen LogP contribution >= 0.6 is 0 Å². The van der Waals surface area contributed by atoms with Gasteiger partial charge >= 0.3 is 5.97 Å². The van der Waals surface area contributed by atoms with Gasteiger partial charge in [0.2, 0.25) is 0 Å². The van der Waals surface area contributed by atoms with Gasteiger partial charge in [-0.15, -0.1) is 0 Å². The van der Waals surface area contributed by atoms with Gasteiger partial charge in [-0.25, -0.2) is 4.79 Å². The van der Waals surface area contributed by atoms with Crippen molar-refractivity contribution in [1.82, 2.24) is 4.90 Å². The number of benzene rings is 1. The van der Waals surface area contributed by atoms with Crippen LogP contribution in [0.2, 0.25) is 0 Å². The summed E-state index contributed by atoms with van der Waals surface area (Å²) in [5, 5.41) is 0. The smallest absolute Gasteiger partial charge is 0.339 e. The quantitative estimate of drug-likeness (QED) is 0.794. The van der Waals surface area contributed by atoms with E-state index in [4.69, 9.17) is 14.2 Å². The molecule has 0 radical (unpaired) electrons. The Hall–Kier alpha value is -2.24. The first-order valence-corrected chi connectivity index (χ1v) is 7.54. The van der Waals surface area contributed by atoms with E-state index in [0.29, 0.717) is 30.3 Å². The molecule has 0 bridgehead atoms. The molecule has 6 heteroatoms. The molecule has 1 fully saturated rings. The number of esters is 1. The molecule has 2 aliphatic heterocycles. The molecule has 1 aromatic carbocycles. The Morgan fingerprint density at radius 3 is 2.55 bits per heavy atom. The Balaban J connectivity index is 1.65. The second kappa shape index (κ2) is 6.25. The molecule has 1 atom stereocenters. The van der Waals surface area contributed by atoms with E-state index < -0.39 is 12.1 Å². The third kappa shape index (κ3) is 3.00. The minimum Gasteiger partial charge on any atom is -0.486 e. The molecule has 2 heterocycles. The number of carbonyl (C=O) groups excluding carboxylic acids is 2. The van der Waals surface area contributed by atoms with Gasteiger partial charge in [-0.1, -0.05) is 0 Å². The average Bonchev–Trinajstić information content (AvgIpc) is 3.08. The van der Waals surface area contributed by atoms with Gasteiger partial charge < -0.3 is 19.1 Å². The zero-order valence-corrected chi connectivity index (χ0v) is 12.5. The molecule has 2 aliphatic rings. The van der Waals surface area contributed by atoms with Crippen LogP contribution in [0.15, 0.2) is 18.2 Å². The van der Waals surface area contributed by atoms with Gasteiger partial charge in [-0.3, -0.25) is 4.79 Å². The normalized spacial score (nSPS) is 18.0. The molecular weight excluding hydrogens is 286 g/mol. The third-order valence-corrected chi connectivity index (χ3v) is 3.83. The summed E-state index contributed by atoms with van der Waals surface area (Å²) in [5.41, 5.74) is 0.352. The average molecular weight is 305 g/mol. The van der Waals surface area contributed by atoms with Gasteiger partial charge in [0.1, 0.15) is 13.2 Å². The number of hydrogen-bond acceptors (Lipinski definition) is 5. The lowest BCUT2D eigenvalue weighted by Gasteiger charge is -2.21. The molecule has 1 saturated heterocycles.